The summed E-state index contributed by atoms with van der Waals surface area (Å²) in [5.74, 6) is 0.403. The van der Waals surface area contributed by atoms with Gasteiger partial charge in [0.25, 0.3) is 5.91 Å². The van der Waals surface area contributed by atoms with Crippen LogP contribution in [-0.2, 0) is 6.61 Å². The summed E-state index contributed by atoms with van der Waals surface area (Å²) < 4.78 is 6.78. The van der Waals surface area contributed by atoms with Crippen molar-refractivity contribution in [3.8, 4) is 5.75 Å². The Balaban J connectivity index is 1.40. The van der Waals surface area contributed by atoms with Gasteiger partial charge in [-0.05, 0) is 29.3 Å². The Morgan fingerprint density at radius 3 is 2.66 bits per heavy atom. The standard InChI is InChI=1S/C23H17ClN2O2S/c24-21-19-11-4-5-12-20(19)29-22(21)23(27)26-25-14-17-9-6-10-18(13-17)28-15-16-7-2-1-3-8-16/h1-14H,15H2,(H,26,27)/b25-14-. The Morgan fingerprint density at radius 1 is 1.03 bits per heavy atom. The highest BCUT2D eigenvalue weighted by Crippen LogP contribution is 2.34. The van der Waals surface area contributed by atoms with Gasteiger partial charge in [-0.3, -0.25) is 4.79 Å². The molecule has 0 fully saturated rings. The number of nitrogens with zero attached hydrogens (tertiary/aromatic N) is 1. The molecular formula is C23H17ClN2O2S. The molecule has 144 valence electrons. The highest BCUT2D eigenvalue weighted by Gasteiger charge is 2.16. The third-order valence-corrected chi connectivity index (χ3v) is 5.90. The normalized spacial score (nSPS) is 11.1. The van der Waals surface area contributed by atoms with Crippen LogP contribution in [0.4, 0.5) is 0 Å². The molecule has 0 aliphatic rings. The molecule has 6 heteroatoms. The van der Waals surface area contributed by atoms with Crippen LogP contribution in [0.1, 0.15) is 20.8 Å². The van der Waals surface area contributed by atoms with Gasteiger partial charge < -0.3 is 4.74 Å². The second kappa shape index (κ2) is 8.90. The molecule has 0 spiro atoms. The van der Waals surface area contributed by atoms with Gasteiger partial charge >= 0.3 is 0 Å². The fourth-order valence-corrected chi connectivity index (χ4v) is 4.21. The van der Waals surface area contributed by atoms with E-state index in [2.05, 4.69) is 10.5 Å². The van der Waals surface area contributed by atoms with Crippen molar-refractivity contribution in [3.63, 3.8) is 0 Å². The van der Waals surface area contributed by atoms with E-state index < -0.39 is 0 Å². The van der Waals surface area contributed by atoms with Gasteiger partial charge in [0.15, 0.2) is 0 Å². The second-order valence-electron chi connectivity index (χ2n) is 6.29. The number of carbonyl (C=O) groups excluding carboxylic acids is 1. The number of amides is 1. The summed E-state index contributed by atoms with van der Waals surface area (Å²) in [6, 6.07) is 25.1. The van der Waals surface area contributed by atoms with Crippen LogP contribution >= 0.6 is 22.9 Å². The molecule has 4 rings (SSSR count). The van der Waals surface area contributed by atoms with Crippen LogP contribution in [0.15, 0.2) is 84.0 Å². The molecule has 1 heterocycles. The number of halogens is 1. The minimum absolute atomic E-state index is 0.330. The van der Waals surface area contributed by atoms with Crippen LogP contribution < -0.4 is 10.2 Å². The van der Waals surface area contributed by atoms with Gasteiger partial charge in [-0.25, -0.2) is 5.43 Å². The Kier molecular flexibility index (Phi) is 5.89. The molecule has 0 unspecified atom stereocenters. The lowest BCUT2D eigenvalue weighted by Crippen LogP contribution is -2.16. The van der Waals surface area contributed by atoms with E-state index in [1.54, 1.807) is 6.21 Å². The smallest absolute Gasteiger partial charge is 0.283 e. The van der Waals surface area contributed by atoms with Gasteiger partial charge in [-0.15, -0.1) is 11.3 Å². The van der Waals surface area contributed by atoms with Crippen molar-refractivity contribution in [1.29, 1.82) is 0 Å². The Morgan fingerprint density at radius 2 is 1.83 bits per heavy atom. The number of carbonyl (C=O) groups is 1. The number of hydrazone groups is 1. The van der Waals surface area contributed by atoms with E-state index in [0.29, 0.717) is 16.5 Å². The van der Waals surface area contributed by atoms with Crippen molar-refractivity contribution < 1.29 is 9.53 Å². The zero-order valence-electron chi connectivity index (χ0n) is 15.3. The number of hydrogen-bond acceptors (Lipinski definition) is 4. The third kappa shape index (κ3) is 4.65. The summed E-state index contributed by atoms with van der Waals surface area (Å²) in [5.41, 5.74) is 4.46. The average molecular weight is 421 g/mol. The van der Waals surface area contributed by atoms with Gasteiger partial charge in [-0.1, -0.05) is 72.3 Å². The van der Waals surface area contributed by atoms with E-state index in [4.69, 9.17) is 16.3 Å². The number of hydrogen-bond donors (Lipinski definition) is 1. The SMILES string of the molecule is O=C(N/N=C\c1cccc(OCc2ccccc2)c1)c1sc2ccccc2c1Cl. The second-order valence-corrected chi connectivity index (χ2v) is 7.72. The first-order valence-corrected chi connectivity index (χ1v) is 10.2. The molecule has 1 N–H and O–H groups in total. The first-order chi connectivity index (χ1) is 14.2. The number of rotatable bonds is 6. The van der Waals surface area contributed by atoms with Gasteiger partial charge in [0.05, 0.1) is 11.2 Å². The molecule has 29 heavy (non-hydrogen) atoms. The lowest BCUT2D eigenvalue weighted by Gasteiger charge is -2.06. The minimum Gasteiger partial charge on any atom is -0.489 e. The molecule has 0 bridgehead atoms. The van der Waals surface area contributed by atoms with E-state index in [1.165, 1.54) is 11.3 Å². The zero-order valence-corrected chi connectivity index (χ0v) is 16.9. The topological polar surface area (TPSA) is 50.7 Å². The predicted octanol–water partition coefficient (Wildman–Crippen LogP) is 5.90. The molecule has 0 aliphatic carbocycles. The Hall–Kier alpha value is -3.15. The summed E-state index contributed by atoms with van der Waals surface area (Å²) in [6.07, 6.45) is 1.58. The number of thiophene rings is 1. The van der Waals surface area contributed by atoms with Crippen LogP contribution in [-0.4, -0.2) is 12.1 Å². The largest absolute Gasteiger partial charge is 0.489 e. The molecule has 1 amide bonds. The number of nitrogens with one attached hydrogen (secondary N) is 1. The van der Waals surface area contributed by atoms with Gasteiger partial charge in [0.1, 0.15) is 17.2 Å². The van der Waals surface area contributed by atoms with Crippen molar-refractivity contribution in [1.82, 2.24) is 5.43 Å². The molecule has 0 aliphatic heterocycles. The number of benzene rings is 3. The van der Waals surface area contributed by atoms with Crippen molar-refractivity contribution in [2.24, 2.45) is 5.10 Å². The molecule has 0 saturated carbocycles. The fourth-order valence-electron chi connectivity index (χ4n) is 2.80. The van der Waals surface area contributed by atoms with E-state index in [9.17, 15) is 4.79 Å². The monoisotopic (exact) mass is 420 g/mol. The molecule has 0 saturated heterocycles. The summed E-state index contributed by atoms with van der Waals surface area (Å²) in [6.45, 7) is 0.489. The Labute approximate surface area is 177 Å². The average Bonchev–Trinajstić information content (AvgIpc) is 3.10. The van der Waals surface area contributed by atoms with E-state index in [-0.39, 0.29) is 5.91 Å². The van der Waals surface area contributed by atoms with Crippen molar-refractivity contribution in [2.45, 2.75) is 6.61 Å². The lowest BCUT2D eigenvalue weighted by atomic mass is 10.2. The molecule has 4 aromatic rings. The van der Waals surface area contributed by atoms with Crippen molar-refractivity contribution in [3.05, 3.63) is 99.9 Å². The number of ether oxygens (including phenoxy) is 1. The highest BCUT2D eigenvalue weighted by atomic mass is 35.5. The molecule has 4 nitrogen and oxygen atoms in total. The van der Waals surface area contributed by atoms with Crippen molar-refractivity contribution >= 4 is 45.1 Å². The molecule has 0 radical (unpaired) electrons. The van der Waals surface area contributed by atoms with Crippen LogP contribution in [0.5, 0.6) is 5.75 Å². The maximum atomic E-state index is 12.4. The highest BCUT2D eigenvalue weighted by molar-refractivity contribution is 7.21. The van der Waals surface area contributed by atoms with Crippen LogP contribution in [0.3, 0.4) is 0 Å². The first kappa shape index (κ1) is 19.2. The first-order valence-electron chi connectivity index (χ1n) is 8.98. The Bertz CT molecular complexity index is 1170. The maximum Gasteiger partial charge on any atom is 0.283 e. The van der Waals surface area contributed by atoms with Crippen LogP contribution in [0.2, 0.25) is 5.02 Å². The van der Waals surface area contributed by atoms with Crippen LogP contribution in [0.25, 0.3) is 10.1 Å². The molecule has 1 aromatic heterocycles. The maximum absolute atomic E-state index is 12.4. The quantitative estimate of drug-likeness (QED) is 0.312. The summed E-state index contributed by atoms with van der Waals surface area (Å²) in [5, 5.41) is 5.38. The molecule has 0 atom stereocenters. The fraction of sp³-hybridized carbons (Fsp3) is 0.0435. The lowest BCUT2D eigenvalue weighted by molar-refractivity contribution is 0.0959. The summed E-state index contributed by atoms with van der Waals surface area (Å²) in [4.78, 5) is 12.9. The van der Waals surface area contributed by atoms with Gasteiger partial charge in [0.2, 0.25) is 0 Å². The predicted molar refractivity (Wildman–Crippen MR) is 119 cm³/mol. The van der Waals surface area contributed by atoms with E-state index in [1.807, 2.05) is 78.9 Å². The summed E-state index contributed by atoms with van der Waals surface area (Å²) in [7, 11) is 0. The minimum atomic E-state index is -0.330. The number of fused-ring (bicyclic) bond motifs is 1. The molecule has 3 aromatic carbocycles. The van der Waals surface area contributed by atoms with Crippen molar-refractivity contribution in [2.75, 3.05) is 0 Å². The van der Waals surface area contributed by atoms with Gasteiger partial charge in [0, 0.05) is 10.1 Å². The third-order valence-electron chi connectivity index (χ3n) is 4.23. The zero-order chi connectivity index (χ0) is 20.1. The van der Waals surface area contributed by atoms with Crippen LogP contribution in [0, 0.1) is 0 Å². The van der Waals surface area contributed by atoms with E-state index >= 15 is 0 Å². The molecular weight excluding hydrogens is 404 g/mol. The van der Waals surface area contributed by atoms with E-state index in [0.717, 1.165) is 27.0 Å². The van der Waals surface area contributed by atoms with Gasteiger partial charge in [-0.2, -0.15) is 5.10 Å². The summed E-state index contributed by atoms with van der Waals surface area (Å²) >= 11 is 7.68.